The molecule has 2 heterocycles. The molecule has 1 aliphatic heterocycles. The Hall–Kier alpha value is -1.27. The second-order valence-corrected chi connectivity index (χ2v) is 9.27. The van der Waals surface area contributed by atoms with E-state index >= 15 is 0 Å². The van der Waals surface area contributed by atoms with Gasteiger partial charge in [-0.15, -0.1) is 11.3 Å². The third kappa shape index (κ3) is 4.96. The number of piperidine rings is 1. The number of aromatic nitrogens is 1. The molecule has 1 aromatic heterocycles. The number of carbonyl (C=O) groups excluding carboxylic acids is 1. The number of hydrogen-bond acceptors (Lipinski definition) is 5. The minimum atomic E-state index is -0.0951. The topological polar surface area (TPSA) is 42.4 Å². The summed E-state index contributed by atoms with van der Waals surface area (Å²) in [5.41, 5.74) is 2.97. The molecule has 1 fully saturated rings. The van der Waals surface area contributed by atoms with E-state index in [1.165, 1.54) is 4.88 Å². The van der Waals surface area contributed by atoms with E-state index in [-0.39, 0.29) is 11.4 Å². The van der Waals surface area contributed by atoms with Crippen LogP contribution in [-0.4, -0.2) is 41.5 Å². The van der Waals surface area contributed by atoms with E-state index in [0.29, 0.717) is 6.42 Å². The van der Waals surface area contributed by atoms with Gasteiger partial charge in [0, 0.05) is 35.7 Å². The fourth-order valence-corrected chi connectivity index (χ4v) is 4.95. The zero-order chi connectivity index (χ0) is 19.6. The van der Waals surface area contributed by atoms with Gasteiger partial charge in [-0.25, -0.2) is 4.98 Å². The Labute approximate surface area is 170 Å². The molecule has 6 heteroatoms. The Morgan fingerprint density at radius 3 is 2.89 bits per heavy atom. The number of ketones is 1. The summed E-state index contributed by atoms with van der Waals surface area (Å²) < 4.78 is 5.73. The van der Waals surface area contributed by atoms with Gasteiger partial charge in [0.05, 0.1) is 17.7 Å². The van der Waals surface area contributed by atoms with Crippen molar-refractivity contribution in [2.45, 2.75) is 52.2 Å². The molecule has 0 N–H and O–H groups in total. The van der Waals surface area contributed by atoms with Gasteiger partial charge in [0.15, 0.2) is 0 Å². The number of nitrogens with zero attached hydrogens (tertiary/aromatic N) is 2. The smallest absolute Gasteiger partial charge is 0.136 e. The Morgan fingerprint density at radius 1 is 1.44 bits per heavy atom. The summed E-state index contributed by atoms with van der Waals surface area (Å²) in [6, 6.07) is 6.01. The van der Waals surface area contributed by atoms with Gasteiger partial charge in [-0.2, -0.15) is 0 Å². The highest BCUT2D eigenvalue weighted by Gasteiger charge is 2.31. The summed E-state index contributed by atoms with van der Waals surface area (Å²) in [5.74, 6) is 0.138. The zero-order valence-corrected chi connectivity index (χ0v) is 18.0. The maximum Gasteiger partial charge on any atom is 0.136 e. The summed E-state index contributed by atoms with van der Waals surface area (Å²) in [4.78, 5) is 20.1. The van der Waals surface area contributed by atoms with Crippen LogP contribution in [0.5, 0.6) is 0 Å². The third-order valence-electron chi connectivity index (χ3n) is 5.17. The van der Waals surface area contributed by atoms with Crippen molar-refractivity contribution in [1.29, 1.82) is 0 Å². The lowest BCUT2D eigenvalue weighted by atomic mass is 9.94. The molecule has 27 heavy (non-hydrogen) atoms. The van der Waals surface area contributed by atoms with Crippen LogP contribution in [0.2, 0.25) is 5.02 Å². The van der Waals surface area contributed by atoms with Gasteiger partial charge in [0.1, 0.15) is 10.8 Å². The van der Waals surface area contributed by atoms with Crippen molar-refractivity contribution in [3.8, 4) is 11.3 Å². The Morgan fingerprint density at radius 2 is 2.22 bits per heavy atom. The molecule has 0 aliphatic carbocycles. The van der Waals surface area contributed by atoms with Crippen molar-refractivity contribution in [3.05, 3.63) is 38.7 Å². The van der Waals surface area contributed by atoms with Crippen LogP contribution in [0.3, 0.4) is 0 Å². The minimum Gasteiger partial charge on any atom is -0.377 e. The number of likely N-dealkylation sites (tertiary alicyclic amines) is 1. The summed E-state index contributed by atoms with van der Waals surface area (Å²) in [7, 11) is 1.79. The first-order valence-corrected chi connectivity index (χ1v) is 10.5. The second-order valence-electron chi connectivity index (χ2n) is 7.69. The molecule has 0 bridgehead atoms. The van der Waals surface area contributed by atoms with Crippen molar-refractivity contribution < 1.29 is 9.53 Å². The van der Waals surface area contributed by atoms with Crippen LogP contribution < -0.4 is 0 Å². The summed E-state index contributed by atoms with van der Waals surface area (Å²) in [5, 5.41) is 1.64. The van der Waals surface area contributed by atoms with Crippen LogP contribution >= 0.6 is 22.9 Å². The predicted octanol–water partition coefficient (Wildman–Crippen LogP) is 4.90. The normalized spacial score (nSPS) is 20.8. The predicted molar refractivity (Wildman–Crippen MR) is 112 cm³/mol. The number of rotatable bonds is 6. The number of halogens is 1. The van der Waals surface area contributed by atoms with Gasteiger partial charge in [0.25, 0.3) is 0 Å². The second kappa shape index (κ2) is 8.39. The van der Waals surface area contributed by atoms with E-state index in [9.17, 15) is 4.79 Å². The van der Waals surface area contributed by atoms with E-state index in [4.69, 9.17) is 21.3 Å². The lowest BCUT2D eigenvalue weighted by Gasteiger charge is -2.39. The summed E-state index contributed by atoms with van der Waals surface area (Å²) in [6.45, 7) is 8.58. The molecular formula is C21H27ClN2O2S. The number of benzene rings is 1. The molecule has 1 saturated heterocycles. The van der Waals surface area contributed by atoms with Gasteiger partial charge < -0.3 is 4.74 Å². The molecule has 1 aliphatic rings. The highest BCUT2D eigenvalue weighted by Crippen LogP contribution is 2.33. The van der Waals surface area contributed by atoms with Crippen molar-refractivity contribution in [2.75, 3.05) is 20.2 Å². The maximum absolute atomic E-state index is 11.6. The molecule has 1 atom stereocenters. The molecular weight excluding hydrogens is 380 g/mol. The van der Waals surface area contributed by atoms with Gasteiger partial charge in [-0.3, -0.25) is 9.69 Å². The molecule has 0 spiro atoms. The first-order chi connectivity index (χ1) is 12.8. The highest BCUT2D eigenvalue weighted by atomic mass is 35.5. The standard InChI is InChI=1S/C21H27ClN2O2S/c1-14-10-16(6-7-17(14)22)20-18(27-19(23-20)11-15(2)25)12-24-9-5-8-21(3,13-24)26-4/h6-7,10H,5,8-9,11-13H2,1-4H3. The Balaban J connectivity index is 1.91. The van der Waals surface area contributed by atoms with Crippen molar-refractivity contribution in [2.24, 2.45) is 0 Å². The van der Waals surface area contributed by atoms with Crippen molar-refractivity contribution in [1.82, 2.24) is 9.88 Å². The number of methoxy groups -OCH3 is 1. The summed E-state index contributed by atoms with van der Waals surface area (Å²) >= 11 is 7.85. The number of hydrogen-bond donors (Lipinski definition) is 0. The largest absolute Gasteiger partial charge is 0.377 e. The van der Waals surface area contributed by atoms with E-state index in [1.807, 2.05) is 19.1 Å². The number of thiazole rings is 1. The monoisotopic (exact) mass is 406 g/mol. The van der Waals surface area contributed by atoms with Crippen LogP contribution in [0, 0.1) is 6.92 Å². The molecule has 4 nitrogen and oxygen atoms in total. The Bertz CT molecular complexity index is 836. The third-order valence-corrected chi connectivity index (χ3v) is 6.64. The molecule has 0 radical (unpaired) electrons. The van der Waals surface area contributed by atoms with Crippen LogP contribution in [-0.2, 0) is 22.5 Å². The zero-order valence-electron chi connectivity index (χ0n) is 16.5. The van der Waals surface area contributed by atoms with Gasteiger partial charge >= 0.3 is 0 Å². The van der Waals surface area contributed by atoms with E-state index in [1.54, 1.807) is 25.4 Å². The fourth-order valence-electron chi connectivity index (χ4n) is 3.63. The average molecular weight is 407 g/mol. The molecule has 2 aromatic rings. The van der Waals surface area contributed by atoms with E-state index in [2.05, 4.69) is 17.9 Å². The molecule has 146 valence electrons. The van der Waals surface area contributed by atoms with Crippen LogP contribution in [0.1, 0.15) is 42.1 Å². The maximum atomic E-state index is 11.6. The van der Waals surface area contributed by atoms with E-state index in [0.717, 1.165) is 59.3 Å². The van der Waals surface area contributed by atoms with Gasteiger partial charge in [0.2, 0.25) is 0 Å². The van der Waals surface area contributed by atoms with Crippen LogP contribution in [0.15, 0.2) is 18.2 Å². The highest BCUT2D eigenvalue weighted by molar-refractivity contribution is 7.12. The SMILES string of the molecule is COC1(C)CCCN(Cc2sc(CC(C)=O)nc2-c2ccc(Cl)c(C)c2)C1. The van der Waals surface area contributed by atoms with Gasteiger partial charge in [-0.1, -0.05) is 17.7 Å². The van der Waals surface area contributed by atoms with Crippen LogP contribution in [0.25, 0.3) is 11.3 Å². The lowest BCUT2D eigenvalue weighted by Crippen LogP contribution is -2.46. The van der Waals surface area contributed by atoms with Crippen molar-refractivity contribution >= 4 is 28.7 Å². The average Bonchev–Trinajstić information content (AvgIpc) is 2.99. The fraction of sp³-hybridized carbons (Fsp3) is 0.524. The van der Waals surface area contributed by atoms with Gasteiger partial charge in [-0.05, 0) is 57.9 Å². The van der Waals surface area contributed by atoms with Crippen molar-refractivity contribution in [3.63, 3.8) is 0 Å². The van der Waals surface area contributed by atoms with Crippen LogP contribution in [0.4, 0.5) is 0 Å². The van der Waals surface area contributed by atoms with E-state index < -0.39 is 0 Å². The molecule has 3 rings (SSSR count). The molecule has 0 saturated carbocycles. The quantitative estimate of drug-likeness (QED) is 0.683. The lowest BCUT2D eigenvalue weighted by molar-refractivity contribution is -0.116. The summed E-state index contributed by atoms with van der Waals surface area (Å²) in [6.07, 6.45) is 2.60. The molecule has 1 aromatic carbocycles. The molecule has 1 unspecified atom stereocenters. The number of Topliss-reactive ketones (excluding diaryl/α,β-unsaturated/α-hetero) is 1. The number of carbonyl (C=O) groups is 1. The minimum absolute atomic E-state index is 0.0951. The number of aryl methyl sites for hydroxylation is 1. The Kier molecular flexibility index (Phi) is 6.36. The number of ether oxygens (including phenoxy) is 1. The first-order valence-electron chi connectivity index (χ1n) is 9.32. The first kappa shape index (κ1) is 20.5. The molecule has 0 amide bonds.